The standard InChI is InChI=1S/C22H20N2O6/c1-28-22(27)18-10-14-6-2-3-7-15(14)12-24(18)20(25)13-29-21(26)11-17-16-8-4-5-9-19(16)30-23-17/h2-9,18H,10-13H2,1H3/t18-/m1/s1. The molecule has 2 heterocycles. The molecule has 1 aromatic heterocycles. The van der Waals surface area contributed by atoms with Crippen LogP contribution in [-0.4, -0.2) is 47.7 Å². The summed E-state index contributed by atoms with van der Waals surface area (Å²) in [5.74, 6) is -1.56. The van der Waals surface area contributed by atoms with Crippen LogP contribution in [0.5, 0.6) is 0 Å². The van der Waals surface area contributed by atoms with Gasteiger partial charge < -0.3 is 18.9 Å². The Bertz CT molecular complexity index is 1110. The SMILES string of the molecule is COC(=O)[C@H]1Cc2ccccc2CN1C(=O)COC(=O)Cc1noc2ccccc12. The number of hydrogen-bond donors (Lipinski definition) is 0. The summed E-state index contributed by atoms with van der Waals surface area (Å²) in [4.78, 5) is 38.6. The highest BCUT2D eigenvalue weighted by atomic mass is 16.5. The van der Waals surface area contributed by atoms with E-state index >= 15 is 0 Å². The Kier molecular flexibility index (Phi) is 5.47. The van der Waals surface area contributed by atoms with Gasteiger partial charge in [0.15, 0.2) is 12.2 Å². The second-order valence-corrected chi connectivity index (χ2v) is 7.00. The number of ether oxygens (including phenoxy) is 2. The van der Waals surface area contributed by atoms with Gasteiger partial charge in [0.25, 0.3) is 5.91 Å². The smallest absolute Gasteiger partial charge is 0.328 e. The third-order valence-electron chi connectivity index (χ3n) is 5.16. The molecule has 4 rings (SSSR count). The highest BCUT2D eigenvalue weighted by molar-refractivity contribution is 5.88. The summed E-state index contributed by atoms with van der Waals surface area (Å²) >= 11 is 0. The van der Waals surface area contributed by atoms with Crippen molar-refractivity contribution >= 4 is 28.8 Å². The van der Waals surface area contributed by atoms with Crippen molar-refractivity contribution in [3.63, 3.8) is 0 Å². The van der Waals surface area contributed by atoms with E-state index in [1.54, 1.807) is 12.1 Å². The molecule has 1 amide bonds. The van der Waals surface area contributed by atoms with E-state index in [9.17, 15) is 14.4 Å². The molecule has 0 unspecified atom stereocenters. The molecular formula is C22H20N2O6. The van der Waals surface area contributed by atoms with Crippen molar-refractivity contribution in [1.29, 1.82) is 0 Å². The molecule has 0 aliphatic carbocycles. The Morgan fingerprint density at radius 3 is 2.63 bits per heavy atom. The maximum absolute atomic E-state index is 12.8. The van der Waals surface area contributed by atoms with Crippen molar-refractivity contribution in [1.82, 2.24) is 10.1 Å². The van der Waals surface area contributed by atoms with Crippen LogP contribution < -0.4 is 0 Å². The topological polar surface area (TPSA) is 98.9 Å². The van der Waals surface area contributed by atoms with Crippen molar-refractivity contribution in [2.45, 2.75) is 25.4 Å². The minimum absolute atomic E-state index is 0.118. The van der Waals surface area contributed by atoms with Gasteiger partial charge in [0.1, 0.15) is 11.7 Å². The number of nitrogens with zero attached hydrogens (tertiary/aromatic N) is 2. The van der Waals surface area contributed by atoms with Gasteiger partial charge in [0, 0.05) is 18.4 Å². The number of carbonyl (C=O) groups excluding carboxylic acids is 3. The van der Waals surface area contributed by atoms with Crippen molar-refractivity contribution in [3.05, 3.63) is 65.4 Å². The van der Waals surface area contributed by atoms with Crippen LogP contribution in [0.4, 0.5) is 0 Å². The maximum Gasteiger partial charge on any atom is 0.328 e. The molecule has 0 bridgehead atoms. The van der Waals surface area contributed by atoms with E-state index in [2.05, 4.69) is 5.16 Å². The quantitative estimate of drug-likeness (QED) is 0.596. The number of carbonyl (C=O) groups is 3. The zero-order valence-corrected chi connectivity index (χ0v) is 16.4. The lowest BCUT2D eigenvalue weighted by atomic mass is 9.94. The number of benzene rings is 2. The fraction of sp³-hybridized carbons (Fsp3) is 0.273. The molecule has 8 heteroatoms. The number of esters is 2. The van der Waals surface area contributed by atoms with Crippen LogP contribution in [0.3, 0.4) is 0 Å². The van der Waals surface area contributed by atoms with E-state index in [4.69, 9.17) is 14.0 Å². The number of hydrogen-bond acceptors (Lipinski definition) is 7. The van der Waals surface area contributed by atoms with Crippen LogP contribution in [0.25, 0.3) is 11.0 Å². The lowest BCUT2D eigenvalue weighted by molar-refractivity contribution is -0.159. The number of amides is 1. The molecule has 0 saturated carbocycles. The number of para-hydroxylation sites is 1. The van der Waals surface area contributed by atoms with Crippen molar-refractivity contribution < 1.29 is 28.4 Å². The summed E-state index contributed by atoms with van der Waals surface area (Å²) in [5, 5.41) is 4.61. The molecule has 0 spiro atoms. The third kappa shape index (κ3) is 3.89. The minimum Gasteiger partial charge on any atom is -0.467 e. The summed E-state index contributed by atoms with van der Waals surface area (Å²) in [6.07, 6.45) is 0.237. The van der Waals surface area contributed by atoms with Gasteiger partial charge in [-0.1, -0.05) is 41.6 Å². The monoisotopic (exact) mass is 408 g/mol. The summed E-state index contributed by atoms with van der Waals surface area (Å²) < 4.78 is 15.2. The van der Waals surface area contributed by atoms with E-state index in [0.717, 1.165) is 16.5 Å². The molecule has 0 N–H and O–H groups in total. The van der Waals surface area contributed by atoms with Crippen molar-refractivity contribution in [2.75, 3.05) is 13.7 Å². The van der Waals surface area contributed by atoms with E-state index in [1.165, 1.54) is 12.0 Å². The number of rotatable bonds is 5. The number of fused-ring (bicyclic) bond motifs is 2. The molecule has 0 radical (unpaired) electrons. The average molecular weight is 408 g/mol. The van der Waals surface area contributed by atoms with Gasteiger partial charge in [-0.15, -0.1) is 0 Å². The van der Waals surface area contributed by atoms with Gasteiger partial charge >= 0.3 is 11.9 Å². The number of methoxy groups -OCH3 is 1. The third-order valence-corrected chi connectivity index (χ3v) is 5.16. The molecule has 154 valence electrons. The lowest BCUT2D eigenvalue weighted by Crippen LogP contribution is -2.50. The Morgan fingerprint density at radius 1 is 1.10 bits per heavy atom. The zero-order chi connectivity index (χ0) is 21.1. The van der Waals surface area contributed by atoms with Gasteiger partial charge in [0.05, 0.1) is 13.5 Å². The fourth-order valence-corrected chi connectivity index (χ4v) is 3.61. The largest absolute Gasteiger partial charge is 0.467 e. The molecular weight excluding hydrogens is 388 g/mol. The Balaban J connectivity index is 1.42. The van der Waals surface area contributed by atoms with Gasteiger partial charge in [-0.2, -0.15) is 0 Å². The van der Waals surface area contributed by atoms with Gasteiger partial charge in [-0.05, 0) is 23.3 Å². The van der Waals surface area contributed by atoms with E-state index < -0.39 is 30.5 Å². The van der Waals surface area contributed by atoms with Gasteiger partial charge in [-0.25, -0.2) is 4.79 Å². The molecule has 2 aromatic carbocycles. The normalized spacial score (nSPS) is 15.5. The fourth-order valence-electron chi connectivity index (χ4n) is 3.61. The molecule has 1 aliphatic rings. The summed E-state index contributed by atoms with van der Waals surface area (Å²) in [7, 11) is 1.29. The van der Waals surface area contributed by atoms with Crippen LogP contribution in [0.15, 0.2) is 53.1 Å². The van der Waals surface area contributed by atoms with Crippen LogP contribution in [0.2, 0.25) is 0 Å². The van der Waals surface area contributed by atoms with Gasteiger partial charge in [-0.3, -0.25) is 9.59 Å². The maximum atomic E-state index is 12.8. The first-order valence-corrected chi connectivity index (χ1v) is 9.50. The summed E-state index contributed by atoms with van der Waals surface area (Å²) in [6, 6.07) is 14.0. The average Bonchev–Trinajstić information content (AvgIpc) is 3.18. The van der Waals surface area contributed by atoms with Crippen LogP contribution in [0.1, 0.15) is 16.8 Å². The molecule has 1 aliphatic heterocycles. The predicted molar refractivity (Wildman–Crippen MR) is 105 cm³/mol. The lowest BCUT2D eigenvalue weighted by Gasteiger charge is -2.35. The molecule has 30 heavy (non-hydrogen) atoms. The van der Waals surface area contributed by atoms with Crippen LogP contribution >= 0.6 is 0 Å². The molecule has 0 fully saturated rings. The first kappa shape index (κ1) is 19.6. The van der Waals surface area contributed by atoms with E-state index in [1.807, 2.05) is 36.4 Å². The number of aromatic nitrogens is 1. The second kappa shape index (κ2) is 8.36. The Morgan fingerprint density at radius 2 is 1.83 bits per heavy atom. The van der Waals surface area contributed by atoms with E-state index in [0.29, 0.717) is 17.7 Å². The highest BCUT2D eigenvalue weighted by Gasteiger charge is 2.35. The first-order valence-electron chi connectivity index (χ1n) is 9.50. The Labute approximate surface area is 172 Å². The van der Waals surface area contributed by atoms with E-state index in [-0.39, 0.29) is 13.0 Å². The summed E-state index contributed by atoms with van der Waals surface area (Å²) in [6.45, 7) is -0.218. The molecule has 8 nitrogen and oxygen atoms in total. The predicted octanol–water partition coefficient (Wildman–Crippen LogP) is 2.04. The first-order chi connectivity index (χ1) is 14.6. The van der Waals surface area contributed by atoms with Crippen LogP contribution in [-0.2, 0) is 43.2 Å². The minimum atomic E-state index is -0.754. The van der Waals surface area contributed by atoms with Crippen molar-refractivity contribution in [3.8, 4) is 0 Å². The van der Waals surface area contributed by atoms with Crippen molar-refractivity contribution in [2.24, 2.45) is 0 Å². The molecule has 0 saturated heterocycles. The van der Waals surface area contributed by atoms with Crippen LogP contribution in [0, 0.1) is 0 Å². The molecule has 3 aromatic rings. The Hall–Kier alpha value is -3.68. The molecule has 1 atom stereocenters. The summed E-state index contributed by atoms with van der Waals surface area (Å²) in [5.41, 5.74) is 2.96. The zero-order valence-electron chi connectivity index (χ0n) is 16.4. The highest BCUT2D eigenvalue weighted by Crippen LogP contribution is 2.24. The second-order valence-electron chi connectivity index (χ2n) is 7.00. The van der Waals surface area contributed by atoms with Gasteiger partial charge in [0.2, 0.25) is 0 Å².